The number of likely N-dealkylation sites (tertiary alicyclic amines) is 1. The van der Waals surface area contributed by atoms with E-state index in [4.69, 9.17) is 0 Å². The van der Waals surface area contributed by atoms with E-state index in [1.165, 1.54) is 0 Å². The average molecular weight is 374 g/mol. The molecule has 26 heavy (non-hydrogen) atoms. The standard InChI is InChI=1S/C18H25F3N2O3/c19-18(20,21)15(25)22-13(14(24)23-3-1-2-4-23)16-6-11-5-12(7-16)9-17(26,8-11)10-16/h11-13,26H,1-10H2,(H,22,25)/t11?,12?,13-,16?,17?/m1/s1. The fourth-order valence-corrected chi connectivity index (χ4v) is 6.43. The molecule has 5 nitrogen and oxygen atoms in total. The predicted molar refractivity (Wildman–Crippen MR) is 85.9 cm³/mol. The van der Waals surface area contributed by atoms with E-state index in [0.717, 1.165) is 19.3 Å². The largest absolute Gasteiger partial charge is 0.471 e. The molecule has 0 radical (unpaired) electrons. The lowest BCUT2D eigenvalue weighted by Crippen LogP contribution is -2.66. The molecule has 1 saturated heterocycles. The molecule has 146 valence electrons. The van der Waals surface area contributed by atoms with Gasteiger partial charge in [-0.15, -0.1) is 0 Å². The highest BCUT2D eigenvalue weighted by molar-refractivity contribution is 5.90. The summed E-state index contributed by atoms with van der Waals surface area (Å²) in [6.07, 6.45) is 0.413. The van der Waals surface area contributed by atoms with E-state index >= 15 is 0 Å². The van der Waals surface area contributed by atoms with Gasteiger partial charge in [-0.25, -0.2) is 0 Å². The van der Waals surface area contributed by atoms with Crippen molar-refractivity contribution in [2.24, 2.45) is 17.3 Å². The SMILES string of the molecule is O=C([C@@H](NC(=O)C(F)(F)F)C12CC3CC(CC(O)(C3)C1)C2)N1CCCC1. The van der Waals surface area contributed by atoms with Crippen LogP contribution in [0.1, 0.15) is 51.4 Å². The second-order valence-corrected chi connectivity index (χ2v) is 8.98. The molecular weight excluding hydrogens is 349 g/mol. The Balaban J connectivity index is 1.66. The first kappa shape index (κ1) is 18.1. The van der Waals surface area contributed by atoms with Crippen LogP contribution in [0.2, 0.25) is 0 Å². The van der Waals surface area contributed by atoms with Crippen LogP contribution in [0.3, 0.4) is 0 Å². The van der Waals surface area contributed by atoms with E-state index in [2.05, 4.69) is 0 Å². The van der Waals surface area contributed by atoms with Crippen LogP contribution in [0.5, 0.6) is 0 Å². The zero-order chi connectivity index (χ0) is 18.7. The number of hydrogen-bond donors (Lipinski definition) is 2. The summed E-state index contributed by atoms with van der Waals surface area (Å²) in [6.45, 7) is 1.04. The summed E-state index contributed by atoms with van der Waals surface area (Å²) >= 11 is 0. The van der Waals surface area contributed by atoms with Crippen LogP contribution >= 0.6 is 0 Å². The Hall–Kier alpha value is -1.31. The van der Waals surface area contributed by atoms with E-state index in [1.807, 2.05) is 5.32 Å². The lowest BCUT2D eigenvalue weighted by molar-refractivity contribution is -0.190. The molecular formula is C18H25F3N2O3. The molecule has 2 unspecified atom stereocenters. The predicted octanol–water partition coefficient (Wildman–Crippen LogP) is 1.99. The summed E-state index contributed by atoms with van der Waals surface area (Å²) in [7, 11) is 0. The monoisotopic (exact) mass is 374 g/mol. The van der Waals surface area contributed by atoms with Gasteiger partial charge in [0.05, 0.1) is 5.60 Å². The van der Waals surface area contributed by atoms with Gasteiger partial charge in [0.1, 0.15) is 6.04 Å². The Bertz CT molecular complexity index is 601. The number of alkyl halides is 3. The van der Waals surface area contributed by atoms with E-state index in [1.54, 1.807) is 4.90 Å². The zero-order valence-corrected chi connectivity index (χ0v) is 14.6. The first-order valence-corrected chi connectivity index (χ1v) is 9.49. The third kappa shape index (κ3) is 3.00. The van der Waals surface area contributed by atoms with Gasteiger partial charge in [-0.05, 0) is 63.2 Å². The summed E-state index contributed by atoms with van der Waals surface area (Å²) in [6, 6.07) is -1.20. The highest BCUT2D eigenvalue weighted by Gasteiger charge is 2.62. The second kappa shape index (κ2) is 5.84. The molecule has 1 heterocycles. The van der Waals surface area contributed by atoms with Crippen LogP contribution in [0.4, 0.5) is 13.2 Å². The number of rotatable bonds is 3. The van der Waals surface area contributed by atoms with E-state index in [0.29, 0.717) is 45.2 Å². The van der Waals surface area contributed by atoms with Crippen molar-refractivity contribution in [2.45, 2.75) is 69.2 Å². The molecule has 4 aliphatic carbocycles. The molecule has 0 aromatic rings. The summed E-state index contributed by atoms with van der Waals surface area (Å²) in [5.74, 6) is -2.03. The van der Waals surface area contributed by atoms with Gasteiger partial charge in [0.25, 0.3) is 0 Å². The molecule has 3 atom stereocenters. The Kier molecular flexibility index (Phi) is 4.06. The molecule has 0 aromatic heterocycles. The van der Waals surface area contributed by atoms with Crippen molar-refractivity contribution in [3.05, 3.63) is 0 Å². The fraction of sp³-hybridized carbons (Fsp3) is 0.889. The highest BCUT2D eigenvalue weighted by Crippen LogP contribution is 2.63. The van der Waals surface area contributed by atoms with E-state index in [-0.39, 0.29) is 11.8 Å². The van der Waals surface area contributed by atoms with Crippen LogP contribution < -0.4 is 5.32 Å². The normalized spacial score (nSPS) is 39.9. The molecule has 5 fully saturated rings. The number of hydrogen-bond acceptors (Lipinski definition) is 3. The third-order valence-corrected chi connectivity index (χ3v) is 6.89. The van der Waals surface area contributed by atoms with Gasteiger partial charge in [-0.3, -0.25) is 9.59 Å². The molecule has 2 amide bonds. The van der Waals surface area contributed by atoms with Crippen LogP contribution in [-0.4, -0.2) is 52.7 Å². The Morgan fingerprint density at radius 1 is 1.08 bits per heavy atom. The second-order valence-electron chi connectivity index (χ2n) is 8.98. The Morgan fingerprint density at radius 2 is 1.65 bits per heavy atom. The van der Waals surface area contributed by atoms with Crippen LogP contribution in [0.15, 0.2) is 0 Å². The third-order valence-electron chi connectivity index (χ3n) is 6.89. The minimum atomic E-state index is -5.03. The van der Waals surface area contributed by atoms with Gasteiger partial charge in [-0.2, -0.15) is 13.2 Å². The topological polar surface area (TPSA) is 69.6 Å². The molecule has 2 N–H and O–H groups in total. The molecule has 5 rings (SSSR count). The number of nitrogens with one attached hydrogen (secondary N) is 1. The number of nitrogens with zero attached hydrogens (tertiary/aromatic N) is 1. The number of halogens is 3. The van der Waals surface area contributed by atoms with Crippen molar-refractivity contribution in [2.75, 3.05) is 13.1 Å². The summed E-state index contributed by atoms with van der Waals surface area (Å²) in [5, 5.41) is 12.9. The lowest BCUT2D eigenvalue weighted by atomic mass is 9.46. The minimum absolute atomic E-state index is 0.220. The van der Waals surface area contributed by atoms with Gasteiger partial charge in [0.2, 0.25) is 5.91 Å². The number of amides is 2. The molecule has 4 bridgehead atoms. The Morgan fingerprint density at radius 3 is 2.15 bits per heavy atom. The smallest absolute Gasteiger partial charge is 0.390 e. The summed E-state index contributed by atoms with van der Waals surface area (Å²) < 4.78 is 38.7. The number of aliphatic hydroxyl groups is 1. The number of carbonyl (C=O) groups excluding carboxylic acids is 2. The fourth-order valence-electron chi connectivity index (χ4n) is 6.43. The molecule has 4 saturated carbocycles. The molecule has 0 spiro atoms. The quantitative estimate of drug-likeness (QED) is 0.794. The van der Waals surface area contributed by atoms with E-state index < -0.39 is 35.0 Å². The first-order chi connectivity index (χ1) is 12.1. The molecule has 8 heteroatoms. The van der Waals surface area contributed by atoms with E-state index in [9.17, 15) is 27.9 Å². The van der Waals surface area contributed by atoms with Crippen molar-refractivity contribution in [1.29, 1.82) is 0 Å². The molecule has 5 aliphatic rings. The maximum Gasteiger partial charge on any atom is 0.471 e. The van der Waals surface area contributed by atoms with Crippen molar-refractivity contribution in [3.8, 4) is 0 Å². The maximum absolute atomic E-state index is 13.1. The van der Waals surface area contributed by atoms with Gasteiger partial charge in [0.15, 0.2) is 0 Å². The van der Waals surface area contributed by atoms with Crippen molar-refractivity contribution < 1.29 is 27.9 Å². The van der Waals surface area contributed by atoms with Crippen LogP contribution in [0.25, 0.3) is 0 Å². The van der Waals surface area contributed by atoms with Gasteiger partial charge >= 0.3 is 12.1 Å². The van der Waals surface area contributed by atoms with Gasteiger partial charge in [0, 0.05) is 18.5 Å². The summed E-state index contributed by atoms with van der Waals surface area (Å²) in [5.41, 5.74) is -1.67. The van der Waals surface area contributed by atoms with Gasteiger partial charge in [-0.1, -0.05) is 0 Å². The first-order valence-electron chi connectivity index (χ1n) is 9.49. The minimum Gasteiger partial charge on any atom is -0.390 e. The van der Waals surface area contributed by atoms with Crippen LogP contribution in [-0.2, 0) is 9.59 Å². The zero-order valence-electron chi connectivity index (χ0n) is 14.6. The molecule has 1 aliphatic heterocycles. The summed E-state index contributed by atoms with van der Waals surface area (Å²) in [4.78, 5) is 26.4. The highest BCUT2D eigenvalue weighted by atomic mass is 19.4. The van der Waals surface area contributed by atoms with Crippen molar-refractivity contribution in [1.82, 2.24) is 10.2 Å². The Labute approximate surface area is 150 Å². The van der Waals surface area contributed by atoms with Crippen LogP contribution in [0, 0.1) is 17.3 Å². The lowest BCUT2D eigenvalue weighted by Gasteiger charge is -2.62. The molecule has 0 aromatic carbocycles. The van der Waals surface area contributed by atoms with Crippen molar-refractivity contribution in [3.63, 3.8) is 0 Å². The number of carbonyl (C=O) groups is 2. The van der Waals surface area contributed by atoms with Gasteiger partial charge < -0.3 is 15.3 Å². The average Bonchev–Trinajstić information content (AvgIpc) is 3.02. The van der Waals surface area contributed by atoms with Crippen molar-refractivity contribution >= 4 is 11.8 Å². The maximum atomic E-state index is 13.1.